The second-order valence-corrected chi connectivity index (χ2v) is 21.6. The number of aliphatic hydroxyl groups is 2. The van der Waals surface area contributed by atoms with Crippen molar-refractivity contribution in [2.24, 2.45) is 0 Å². The van der Waals surface area contributed by atoms with E-state index in [-0.39, 0.29) is 19.3 Å². The Bertz CT molecular complexity index is 1680. The molecule has 0 bridgehead atoms. The van der Waals surface area contributed by atoms with Crippen LogP contribution in [0.1, 0.15) is 213 Å². The van der Waals surface area contributed by atoms with Gasteiger partial charge in [0.25, 0.3) is 0 Å². The molecule has 0 amide bonds. The second-order valence-electron chi connectivity index (χ2n) is 18.7. The van der Waals surface area contributed by atoms with Crippen molar-refractivity contribution >= 4 is 33.6 Å². The van der Waals surface area contributed by atoms with Crippen LogP contribution in [0.4, 0.5) is 0 Å². The van der Waals surface area contributed by atoms with Gasteiger partial charge in [-0.1, -0.05) is 171 Å². The maximum absolute atomic E-state index is 12.8. The largest absolute Gasteiger partial charge is 0.472 e. The number of allylic oxidation sites excluding steroid dienone is 12. The van der Waals surface area contributed by atoms with Gasteiger partial charge in [0.15, 0.2) is 6.10 Å². The second kappa shape index (κ2) is 51.7. The van der Waals surface area contributed by atoms with Crippen LogP contribution in [-0.4, -0.2) is 95.9 Å². The number of phosphoric ester groups is 2. The summed E-state index contributed by atoms with van der Waals surface area (Å²) in [6.45, 7) is 2.36. The number of esters is 3. The Kier molecular flexibility index (Phi) is 49.7. The van der Waals surface area contributed by atoms with Crippen molar-refractivity contribution in [3.63, 3.8) is 0 Å². The van der Waals surface area contributed by atoms with E-state index in [9.17, 15) is 43.5 Å². The Labute approximate surface area is 452 Å². The van der Waals surface area contributed by atoms with Gasteiger partial charge in [0, 0.05) is 19.3 Å². The highest BCUT2D eigenvalue weighted by Crippen LogP contribution is 2.45. The van der Waals surface area contributed by atoms with Crippen LogP contribution in [0.2, 0.25) is 0 Å². The summed E-state index contributed by atoms with van der Waals surface area (Å²) in [6, 6.07) is 0. The molecule has 0 aliphatic heterocycles. The maximum Gasteiger partial charge on any atom is 0.472 e. The number of unbranched alkanes of at least 4 members (excludes halogenated alkanes) is 18. The van der Waals surface area contributed by atoms with Gasteiger partial charge in [-0.2, -0.15) is 0 Å². The molecule has 4 N–H and O–H groups in total. The molecule has 0 fully saturated rings. The minimum absolute atomic E-state index is 0.0910. The first kappa shape index (κ1) is 72.0. The summed E-state index contributed by atoms with van der Waals surface area (Å²) in [5.74, 6) is -1.62. The standard InChI is InChI=1S/C57H100O16P2/c1-4-7-10-13-16-19-22-24-25-27-30-31-34-37-40-43-55(60)67-46-52(58)47-69-74(63,64)70-48-53(59)49-71-75(65,66)72-51-54(73-57(62)45-42-39-36-33-28-21-18-15-12-9-6-3)50-68-56(61)44-41-38-35-32-29-26-23-20-17-14-11-8-5-2/h7,10-11,14-16,18-20,23-25,52-54,58-59H,4-6,8-9,12-13,17,21-22,26-51H2,1-3H3,(H,63,64)(H,65,66)/b10-7-,14-11-,18-15-,19-16-,23-20-,25-24-. The summed E-state index contributed by atoms with van der Waals surface area (Å²) >= 11 is 0. The van der Waals surface area contributed by atoms with Crippen molar-refractivity contribution in [3.05, 3.63) is 72.9 Å². The molecule has 16 nitrogen and oxygen atoms in total. The van der Waals surface area contributed by atoms with Gasteiger partial charge in [-0.05, 0) is 96.3 Å². The van der Waals surface area contributed by atoms with Gasteiger partial charge >= 0.3 is 33.6 Å². The van der Waals surface area contributed by atoms with Gasteiger partial charge in [0.2, 0.25) is 0 Å². The fraction of sp³-hybridized carbons (Fsp3) is 0.737. The first-order valence-corrected chi connectivity index (χ1v) is 31.2. The molecule has 0 aromatic heterocycles. The third-order valence-electron chi connectivity index (χ3n) is 11.4. The number of hydrogen-bond acceptors (Lipinski definition) is 14. The normalized spacial score (nSPS) is 15.1. The highest BCUT2D eigenvalue weighted by atomic mass is 31.2. The number of hydrogen-bond donors (Lipinski definition) is 4. The fourth-order valence-corrected chi connectivity index (χ4v) is 8.60. The van der Waals surface area contributed by atoms with Gasteiger partial charge in [-0.15, -0.1) is 0 Å². The van der Waals surface area contributed by atoms with Crippen LogP contribution in [0.15, 0.2) is 72.9 Å². The number of carbonyl (C=O) groups excluding carboxylic acids is 3. The summed E-state index contributed by atoms with van der Waals surface area (Å²) in [4.78, 5) is 57.9. The lowest BCUT2D eigenvalue weighted by Gasteiger charge is -2.21. The lowest BCUT2D eigenvalue weighted by molar-refractivity contribution is -0.161. The predicted molar refractivity (Wildman–Crippen MR) is 298 cm³/mol. The van der Waals surface area contributed by atoms with Crippen molar-refractivity contribution in [3.8, 4) is 0 Å². The van der Waals surface area contributed by atoms with Crippen LogP contribution in [0.3, 0.4) is 0 Å². The van der Waals surface area contributed by atoms with E-state index in [0.29, 0.717) is 19.3 Å². The average molecular weight is 1100 g/mol. The fourth-order valence-electron chi connectivity index (χ4n) is 7.01. The first-order valence-electron chi connectivity index (χ1n) is 28.2. The van der Waals surface area contributed by atoms with Crippen molar-refractivity contribution in [2.45, 2.75) is 232 Å². The van der Waals surface area contributed by atoms with Crippen LogP contribution in [0, 0.1) is 0 Å². The van der Waals surface area contributed by atoms with Gasteiger partial charge in [-0.3, -0.25) is 32.5 Å². The van der Waals surface area contributed by atoms with Crippen molar-refractivity contribution < 1.29 is 75.8 Å². The average Bonchev–Trinajstić information content (AvgIpc) is 3.38. The summed E-state index contributed by atoms with van der Waals surface area (Å²) in [6.07, 6.45) is 48.5. The zero-order valence-corrected chi connectivity index (χ0v) is 48.0. The van der Waals surface area contributed by atoms with Crippen LogP contribution in [0.5, 0.6) is 0 Å². The van der Waals surface area contributed by atoms with Gasteiger partial charge in [0.1, 0.15) is 25.4 Å². The molecule has 18 heteroatoms. The van der Waals surface area contributed by atoms with Crippen LogP contribution >= 0.6 is 15.6 Å². The molecule has 0 saturated heterocycles. The Balaban J connectivity index is 4.69. The van der Waals surface area contributed by atoms with E-state index >= 15 is 0 Å². The molecular formula is C57H100O16P2. The quantitative estimate of drug-likeness (QED) is 0.0146. The summed E-state index contributed by atoms with van der Waals surface area (Å²) in [7, 11) is -9.76. The number of ether oxygens (including phenoxy) is 3. The molecule has 0 aromatic rings. The molecule has 0 heterocycles. The summed E-state index contributed by atoms with van der Waals surface area (Å²) in [5, 5.41) is 20.4. The lowest BCUT2D eigenvalue weighted by Crippen LogP contribution is -2.30. The molecule has 434 valence electrons. The monoisotopic (exact) mass is 1100 g/mol. The number of phosphoric acid groups is 2. The third-order valence-corrected chi connectivity index (χ3v) is 13.3. The molecule has 5 atom stereocenters. The number of aliphatic hydroxyl groups excluding tert-OH is 2. The third kappa shape index (κ3) is 52.8. The van der Waals surface area contributed by atoms with E-state index in [4.69, 9.17) is 32.3 Å². The van der Waals surface area contributed by atoms with Crippen LogP contribution < -0.4 is 0 Å². The molecular weight excluding hydrogens is 1000 g/mol. The summed E-state index contributed by atoms with van der Waals surface area (Å²) in [5.41, 5.74) is 0. The van der Waals surface area contributed by atoms with Crippen molar-refractivity contribution in [1.29, 1.82) is 0 Å². The Hall–Kier alpha value is -3.01. The van der Waals surface area contributed by atoms with Crippen LogP contribution in [-0.2, 0) is 55.8 Å². The van der Waals surface area contributed by atoms with Gasteiger partial charge in [0.05, 0.1) is 26.4 Å². The zero-order valence-electron chi connectivity index (χ0n) is 46.2. The van der Waals surface area contributed by atoms with E-state index in [1.807, 2.05) is 0 Å². The molecule has 0 aromatic carbocycles. The minimum Gasteiger partial charge on any atom is -0.463 e. The van der Waals surface area contributed by atoms with Gasteiger partial charge < -0.3 is 34.2 Å². The zero-order chi connectivity index (χ0) is 55.4. The van der Waals surface area contributed by atoms with Crippen molar-refractivity contribution in [1.82, 2.24) is 0 Å². The topological polar surface area (TPSA) is 231 Å². The molecule has 0 aliphatic carbocycles. The van der Waals surface area contributed by atoms with Crippen molar-refractivity contribution in [2.75, 3.05) is 39.6 Å². The lowest BCUT2D eigenvalue weighted by atomic mass is 10.1. The van der Waals surface area contributed by atoms with E-state index in [2.05, 4.69) is 93.7 Å². The molecule has 75 heavy (non-hydrogen) atoms. The van der Waals surface area contributed by atoms with Gasteiger partial charge in [-0.25, -0.2) is 9.13 Å². The Morgan fingerprint density at radius 2 is 0.733 bits per heavy atom. The first-order chi connectivity index (χ1) is 36.2. The Morgan fingerprint density at radius 1 is 0.387 bits per heavy atom. The maximum atomic E-state index is 12.8. The van der Waals surface area contributed by atoms with E-state index < -0.39 is 91.5 Å². The predicted octanol–water partition coefficient (Wildman–Crippen LogP) is 14.1. The summed E-state index contributed by atoms with van der Waals surface area (Å²) < 4.78 is 60.4. The molecule has 0 spiro atoms. The molecule has 0 rings (SSSR count). The smallest absolute Gasteiger partial charge is 0.463 e. The van der Waals surface area contributed by atoms with E-state index in [1.165, 1.54) is 12.8 Å². The number of rotatable bonds is 53. The van der Waals surface area contributed by atoms with E-state index in [1.54, 1.807) is 0 Å². The minimum atomic E-state index is -4.91. The molecule has 0 saturated carbocycles. The Morgan fingerprint density at radius 3 is 1.19 bits per heavy atom. The molecule has 0 aliphatic rings. The SMILES string of the molecule is CC/C=C\C/C=C\C/C=C\CCCCCCCC(=O)OCC(O)COP(=O)(O)OCC(O)COP(=O)(O)OCC(COC(=O)CCCCCCC/C=C\C/C=C\CCC)OC(=O)CCCCCCC/C=C\CCCC. The number of carbonyl (C=O) groups is 3. The molecule has 5 unspecified atom stereocenters. The van der Waals surface area contributed by atoms with Crippen LogP contribution in [0.25, 0.3) is 0 Å². The highest BCUT2D eigenvalue weighted by molar-refractivity contribution is 7.47. The highest BCUT2D eigenvalue weighted by Gasteiger charge is 2.29. The molecule has 0 radical (unpaired) electrons. The van der Waals surface area contributed by atoms with E-state index in [0.717, 1.165) is 141 Å².